The number of hydrogen-bond donors (Lipinski definition) is 0. The molecule has 48 valence electrons. The molecule has 0 bridgehead atoms. The SMILES string of the molecule is Cc1[se]ccc(=[Se])c1[SeH]. The van der Waals surface area contributed by atoms with E-state index < -0.39 is 0 Å². The molecule has 0 aliphatic carbocycles. The van der Waals surface area contributed by atoms with Crippen molar-refractivity contribution in [2.75, 3.05) is 0 Å². The minimum absolute atomic E-state index is 0.607. The van der Waals surface area contributed by atoms with Gasteiger partial charge in [0.05, 0.1) is 0 Å². The van der Waals surface area contributed by atoms with Crippen LogP contribution in [0, 0.1) is 11.0 Å². The molecule has 0 atom stereocenters. The molecule has 0 saturated heterocycles. The van der Waals surface area contributed by atoms with Gasteiger partial charge >= 0.3 is 77.0 Å². The van der Waals surface area contributed by atoms with E-state index >= 15 is 0 Å². The second-order valence-electron chi connectivity index (χ2n) is 1.69. The minimum atomic E-state index is 0.607. The van der Waals surface area contributed by atoms with E-state index in [-0.39, 0.29) is 0 Å². The Kier molecular flexibility index (Phi) is 2.98. The van der Waals surface area contributed by atoms with Crippen LogP contribution in [0.2, 0.25) is 0 Å². The molecule has 3 heteroatoms. The number of rotatable bonds is 0. The summed E-state index contributed by atoms with van der Waals surface area (Å²) in [5.41, 5.74) is 0. The Morgan fingerprint density at radius 1 is 1.67 bits per heavy atom. The molecule has 0 N–H and O–H groups in total. The summed E-state index contributed by atoms with van der Waals surface area (Å²) in [4.78, 5) is 2.24. The van der Waals surface area contributed by atoms with Crippen molar-refractivity contribution >= 4 is 50.6 Å². The normalized spacial score (nSPS) is 9.56. The molecule has 1 rings (SSSR count). The van der Waals surface area contributed by atoms with Crippen molar-refractivity contribution < 1.29 is 0 Å². The Morgan fingerprint density at radius 2 is 2.33 bits per heavy atom. The van der Waals surface area contributed by atoms with E-state index in [2.05, 4.69) is 49.5 Å². The quantitative estimate of drug-likeness (QED) is 0.555. The Bertz CT molecular complexity index is 261. The Labute approximate surface area is 76.6 Å². The molecule has 9 heavy (non-hydrogen) atoms. The van der Waals surface area contributed by atoms with Crippen LogP contribution in [-0.4, -0.2) is 46.1 Å². The van der Waals surface area contributed by atoms with Crippen LogP contribution in [0.15, 0.2) is 11.0 Å². The molecule has 0 amide bonds. The average Bonchev–Trinajstić information content (AvgIpc) is 1.83. The molecule has 1 aromatic heterocycles. The average molecular weight is 315 g/mol. The molecule has 0 fully saturated rings. The standard InChI is InChI=1S/C6H6Se3/c1-4-6(8)5(7)2-3-9-4/h2-3,8H,1H3. The zero-order valence-electron chi connectivity index (χ0n) is 4.92. The number of aryl methyl sites for hydroxylation is 1. The predicted octanol–water partition coefficient (Wildman–Crippen LogP) is -0.721. The second-order valence-corrected chi connectivity index (χ2v) is 5.90. The van der Waals surface area contributed by atoms with E-state index in [9.17, 15) is 0 Å². The van der Waals surface area contributed by atoms with Gasteiger partial charge in [-0.3, -0.25) is 0 Å². The zero-order chi connectivity index (χ0) is 6.85. The van der Waals surface area contributed by atoms with Crippen LogP contribution < -0.4 is 4.46 Å². The Hall–Kier alpha value is 0.908. The molecule has 0 spiro atoms. The van der Waals surface area contributed by atoms with Crippen molar-refractivity contribution in [3.8, 4) is 0 Å². The van der Waals surface area contributed by atoms with E-state index in [1.807, 2.05) is 0 Å². The summed E-state index contributed by atoms with van der Waals surface area (Å²) >= 11 is 6.25. The molecular formula is C6H6Se3. The first-order valence-corrected chi connectivity index (χ1v) is 6.13. The van der Waals surface area contributed by atoms with Gasteiger partial charge in [-0.25, -0.2) is 0 Å². The monoisotopic (exact) mass is 318 g/mol. The first kappa shape index (κ1) is 8.01. The van der Waals surface area contributed by atoms with Crippen molar-refractivity contribution in [1.82, 2.24) is 0 Å². The van der Waals surface area contributed by atoms with Crippen molar-refractivity contribution in [3.05, 3.63) is 19.5 Å². The van der Waals surface area contributed by atoms with E-state index in [0.29, 0.717) is 14.5 Å². The van der Waals surface area contributed by atoms with Gasteiger partial charge in [-0.1, -0.05) is 0 Å². The van der Waals surface area contributed by atoms with Gasteiger partial charge in [0.15, 0.2) is 0 Å². The summed E-state index contributed by atoms with van der Waals surface area (Å²) in [5, 5.41) is 0. The van der Waals surface area contributed by atoms with Crippen LogP contribution in [0.25, 0.3) is 0 Å². The molecule has 0 aliphatic rings. The van der Waals surface area contributed by atoms with Crippen LogP contribution in [0.3, 0.4) is 0 Å². The molecule has 0 aliphatic heterocycles. The zero-order valence-corrected chi connectivity index (χ0v) is 10.2. The molecule has 0 aromatic carbocycles. The first-order chi connectivity index (χ1) is 4.22. The van der Waals surface area contributed by atoms with Crippen LogP contribution in [0.1, 0.15) is 4.44 Å². The van der Waals surface area contributed by atoms with Crippen LogP contribution in [0.5, 0.6) is 0 Å². The van der Waals surface area contributed by atoms with E-state index in [0.717, 1.165) is 0 Å². The summed E-state index contributed by atoms with van der Waals surface area (Å²) in [6, 6.07) is 2.15. The van der Waals surface area contributed by atoms with Crippen molar-refractivity contribution in [2.24, 2.45) is 0 Å². The summed E-state index contributed by atoms with van der Waals surface area (Å²) in [6.45, 7) is 2.19. The van der Waals surface area contributed by atoms with Gasteiger partial charge in [0.1, 0.15) is 0 Å². The molecule has 1 heterocycles. The fourth-order valence-corrected chi connectivity index (χ4v) is 3.79. The van der Waals surface area contributed by atoms with Gasteiger partial charge in [0.25, 0.3) is 0 Å². The maximum atomic E-state index is 3.03. The first-order valence-electron chi connectivity index (χ1n) is 2.49. The molecule has 0 nitrogen and oxygen atoms in total. The van der Waals surface area contributed by atoms with Crippen LogP contribution in [-0.2, 0) is 0 Å². The summed E-state index contributed by atoms with van der Waals surface area (Å²) in [6.07, 6.45) is 0. The number of hydrogen-bond acceptors (Lipinski definition) is 0. The summed E-state index contributed by atoms with van der Waals surface area (Å²) in [7, 11) is 0. The molecular weight excluding hydrogens is 309 g/mol. The van der Waals surface area contributed by atoms with Gasteiger partial charge in [0.2, 0.25) is 0 Å². The fraction of sp³-hybridized carbons (Fsp3) is 0.167. The van der Waals surface area contributed by atoms with E-state index in [1.54, 1.807) is 0 Å². The third-order valence-electron chi connectivity index (χ3n) is 1.03. The van der Waals surface area contributed by atoms with Gasteiger partial charge in [-0.05, 0) is 0 Å². The molecule has 0 saturated carbocycles. The van der Waals surface area contributed by atoms with Gasteiger partial charge < -0.3 is 0 Å². The summed E-state index contributed by atoms with van der Waals surface area (Å²) in [5.74, 6) is 0. The van der Waals surface area contributed by atoms with Crippen LogP contribution in [0.4, 0.5) is 0 Å². The fourth-order valence-electron chi connectivity index (χ4n) is 0.506. The Balaban J connectivity index is 3.43. The molecule has 0 unspecified atom stereocenters. The van der Waals surface area contributed by atoms with Crippen molar-refractivity contribution in [2.45, 2.75) is 6.92 Å². The molecule has 0 radical (unpaired) electrons. The Morgan fingerprint density at radius 3 is 2.78 bits per heavy atom. The summed E-state index contributed by atoms with van der Waals surface area (Å²) < 4.78 is 4.17. The van der Waals surface area contributed by atoms with Gasteiger partial charge in [-0.2, -0.15) is 0 Å². The van der Waals surface area contributed by atoms with E-state index in [1.165, 1.54) is 13.0 Å². The van der Waals surface area contributed by atoms with E-state index in [4.69, 9.17) is 0 Å². The molecule has 1 aromatic rings. The van der Waals surface area contributed by atoms with Gasteiger partial charge in [-0.15, -0.1) is 0 Å². The van der Waals surface area contributed by atoms with Crippen molar-refractivity contribution in [1.29, 1.82) is 0 Å². The van der Waals surface area contributed by atoms with Gasteiger partial charge in [0, 0.05) is 0 Å². The van der Waals surface area contributed by atoms with Crippen molar-refractivity contribution in [3.63, 3.8) is 0 Å². The third kappa shape index (κ3) is 1.91. The topological polar surface area (TPSA) is 0 Å². The second kappa shape index (κ2) is 3.34. The third-order valence-corrected chi connectivity index (χ3v) is 6.17. The predicted molar refractivity (Wildman–Crippen MR) is 43.9 cm³/mol. The van der Waals surface area contributed by atoms with Crippen LogP contribution >= 0.6 is 0 Å². The maximum absolute atomic E-state index is 3.03.